The number of halogens is 5. The molecule has 7 heteroatoms. The molecule has 2 rings (SSSR count). The Bertz CT molecular complexity index is 423. The zero-order chi connectivity index (χ0) is 11.9. The van der Waals surface area contributed by atoms with Gasteiger partial charge in [0.2, 0.25) is 0 Å². The normalized spacial score (nSPS) is 19.0. The minimum atomic E-state index is -4.42. The van der Waals surface area contributed by atoms with Gasteiger partial charge in [-0.1, -0.05) is 11.6 Å². The van der Waals surface area contributed by atoms with Gasteiger partial charge >= 0.3 is 6.18 Å². The van der Waals surface area contributed by atoms with Crippen LogP contribution in [-0.2, 0) is 6.18 Å². The lowest BCUT2D eigenvalue weighted by molar-refractivity contribution is -0.137. The molecule has 0 bridgehead atoms. The molecule has 0 unspecified atom stereocenters. The lowest BCUT2D eigenvalue weighted by atomic mass is 9.99. The van der Waals surface area contributed by atoms with Crippen LogP contribution in [0.1, 0.15) is 23.6 Å². The fourth-order valence-corrected chi connectivity index (χ4v) is 1.93. The van der Waals surface area contributed by atoms with Gasteiger partial charge in [-0.25, -0.2) is 0 Å². The number of rotatable bonds is 0. The summed E-state index contributed by atoms with van der Waals surface area (Å²) < 4.78 is 42.8. The minimum Gasteiger partial charge on any atom is -0.492 e. The first-order chi connectivity index (χ1) is 7.39. The summed E-state index contributed by atoms with van der Waals surface area (Å²) in [7, 11) is 0. The third-order valence-electron chi connectivity index (χ3n) is 2.47. The summed E-state index contributed by atoms with van der Waals surface area (Å²) in [6.07, 6.45) is -3.93. The first-order valence-electron chi connectivity index (χ1n) is 4.68. The van der Waals surface area contributed by atoms with Gasteiger partial charge in [-0.3, -0.25) is 0 Å². The number of benzene rings is 1. The van der Waals surface area contributed by atoms with E-state index < -0.39 is 17.8 Å². The van der Waals surface area contributed by atoms with Crippen molar-refractivity contribution in [1.82, 2.24) is 0 Å². The Morgan fingerprint density at radius 3 is 2.59 bits per heavy atom. The van der Waals surface area contributed by atoms with Crippen LogP contribution in [0, 0.1) is 0 Å². The summed E-state index contributed by atoms with van der Waals surface area (Å²) in [5.74, 6) is 0.272. The fourth-order valence-electron chi connectivity index (χ4n) is 1.65. The SMILES string of the molecule is Cl.N[C@@H]1CCOc2c(Cl)cc(C(F)(F)F)cc21. The van der Waals surface area contributed by atoms with Crippen molar-refractivity contribution in [3.8, 4) is 5.75 Å². The Morgan fingerprint density at radius 2 is 2.00 bits per heavy atom. The number of ether oxygens (including phenoxy) is 1. The van der Waals surface area contributed by atoms with Crippen LogP contribution in [0.5, 0.6) is 5.75 Å². The van der Waals surface area contributed by atoms with E-state index in [2.05, 4.69) is 0 Å². The van der Waals surface area contributed by atoms with Crippen LogP contribution in [0.3, 0.4) is 0 Å². The molecule has 0 radical (unpaired) electrons. The van der Waals surface area contributed by atoms with Gasteiger partial charge in [0.15, 0.2) is 0 Å². The molecule has 0 spiro atoms. The van der Waals surface area contributed by atoms with Crippen molar-refractivity contribution in [2.45, 2.75) is 18.6 Å². The van der Waals surface area contributed by atoms with Gasteiger partial charge in [0.05, 0.1) is 17.2 Å². The van der Waals surface area contributed by atoms with Crippen molar-refractivity contribution < 1.29 is 17.9 Å². The summed E-state index contributed by atoms with van der Waals surface area (Å²) in [4.78, 5) is 0. The van der Waals surface area contributed by atoms with Gasteiger partial charge in [-0.15, -0.1) is 12.4 Å². The molecule has 0 saturated carbocycles. The van der Waals surface area contributed by atoms with Crippen LogP contribution in [-0.4, -0.2) is 6.61 Å². The van der Waals surface area contributed by atoms with Crippen LogP contribution < -0.4 is 10.5 Å². The molecule has 0 aromatic heterocycles. The molecule has 2 N–H and O–H groups in total. The predicted octanol–water partition coefficient (Wildman–Crippen LogP) is 3.56. The van der Waals surface area contributed by atoms with Crippen molar-refractivity contribution in [3.63, 3.8) is 0 Å². The first kappa shape index (κ1) is 14.4. The van der Waals surface area contributed by atoms with Crippen LogP contribution in [0.25, 0.3) is 0 Å². The average Bonchev–Trinajstić information content (AvgIpc) is 2.18. The molecule has 0 fully saturated rings. The molecule has 17 heavy (non-hydrogen) atoms. The molecule has 0 saturated heterocycles. The topological polar surface area (TPSA) is 35.2 Å². The van der Waals surface area contributed by atoms with Crippen molar-refractivity contribution in [1.29, 1.82) is 0 Å². The van der Waals surface area contributed by atoms with Crippen LogP contribution in [0.2, 0.25) is 5.02 Å². The Balaban J connectivity index is 0.00000144. The predicted molar refractivity (Wildman–Crippen MR) is 60.7 cm³/mol. The Hall–Kier alpha value is -0.650. The molecule has 1 aromatic carbocycles. The molecule has 0 amide bonds. The highest BCUT2D eigenvalue weighted by Crippen LogP contribution is 2.41. The van der Waals surface area contributed by atoms with E-state index >= 15 is 0 Å². The monoisotopic (exact) mass is 287 g/mol. The van der Waals surface area contributed by atoms with Gasteiger partial charge < -0.3 is 10.5 Å². The van der Waals surface area contributed by atoms with Gasteiger partial charge in [0, 0.05) is 18.0 Å². The van der Waals surface area contributed by atoms with Crippen molar-refractivity contribution in [3.05, 3.63) is 28.3 Å². The molecule has 1 aromatic rings. The number of hydrogen-bond acceptors (Lipinski definition) is 2. The molecule has 96 valence electrons. The second-order valence-corrected chi connectivity index (χ2v) is 4.03. The highest BCUT2D eigenvalue weighted by molar-refractivity contribution is 6.32. The van der Waals surface area contributed by atoms with E-state index in [-0.39, 0.29) is 23.2 Å². The molecule has 0 aliphatic carbocycles. The Labute approximate surface area is 107 Å². The second kappa shape index (κ2) is 4.92. The van der Waals surface area contributed by atoms with E-state index in [0.29, 0.717) is 18.6 Å². The molecule has 1 atom stereocenters. The highest BCUT2D eigenvalue weighted by Gasteiger charge is 2.33. The zero-order valence-corrected chi connectivity index (χ0v) is 10.1. The minimum absolute atomic E-state index is 0. The number of hydrogen-bond donors (Lipinski definition) is 1. The Kier molecular flexibility index (Phi) is 4.17. The highest BCUT2D eigenvalue weighted by atomic mass is 35.5. The molecule has 1 heterocycles. The average molecular weight is 288 g/mol. The maximum atomic E-state index is 12.5. The maximum Gasteiger partial charge on any atom is 0.416 e. The largest absolute Gasteiger partial charge is 0.492 e. The van der Waals surface area contributed by atoms with Crippen LogP contribution >= 0.6 is 24.0 Å². The number of nitrogens with two attached hydrogens (primary N) is 1. The van der Waals surface area contributed by atoms with Crippen molar-refractivity contribution in [2.24, 2.45) is 5.73 Å². The van der Waals surface area contributed by atoms with Crippen LogP contribution in [0.4, 0.5) is 13.2 Å². The maximum absolute atomic E-state index is 12.5. The Morgan fingerprint density at radius 1 is 1.35 bits per heavy atom. The lowest BCUT2D eigenvalue weighted by Crippen LogP contribution is -2.21. The van der Waals surface area contributed by atoms with E-state index in [1.54, 1.807) is 0 Å². The zero-order valence-electron chi connectivity index (χ0n) is 8.55. The van der Waals surface area contributed by atoms with Crippen molar-refractivity contribution in [2.75, 3.05) is 6.61 Å². The molecular formula is C10H10Cl2F3NO. The molecule has 2 nitrogen and oxygen atoms in total. The van der Waals surface area contributed by atoms with Gasteiger partial charge in [0.25, 0.3) is 0 Å². The van der Waals surface area contributed by atoms with E-state index in [9.17, 15) is 13.2 Å². The summed E-state index contributed by atoms with van der Waals surface area (Å²) in [6, 6.07) is 1.41. The molecular weight excluding hydrogens is 278 g/mol. The number of alkyl halides is 3. The smallest absolute Gasteiger partial charge is 0.416 e. The van der Waals surface area contributed by atoms with Crippen LogP contribution in [0.15, 0.2) is 12.1 Å². The quantitative estimate of drug-likeness (QED) is 0.792. The third kappa shape index (κ3) is 2.78. The summed E-state index contributed by atoms with van der Waals surface area (Å²) >= 11 is 5.74. The van der Waals surface area contributed by atoms with Gasteiger partial charge in [0.1, 0.15) is 5.75 Å². The van der Waals surface area contributed by atoms with Gasteiger partial charge in [-0.2, -0.15) is 13.2 Å². The summed E-state index contributed by atoms with van der Waals surface area (Å²) in [5, 5.41) is -0.0417. The molecule has 1 aliphatic rings. The van der Waals surface area contributed by atoms with E-state index in [1.807, 2.05) is 0 Å². The first-order valence-corrected chi connectivity index (χ1v) is 5.06. The standard InChI is InChI=1S/C10H9ClF3NO.ClH/c11-7-4-5(10(12,13)14)3-6-8(15)1-2-16-9(6)7;/h3-4,8H,1-2,15H2;1H/t8-;/m1./s1. The second-order valence-electron chi connectivity index (χ2n) is 3.62. The van der Waals surface area contributed by atoms with E-state index in [4.69, 9.17) is 22.1 Å². The summed E-state index contributed by atoms with van der Waals surface area (Å²) in [5.41, 5.74) is 5.25. The van der Waals surface area contributed by atoms with E-state index in [0.717, 1.165) is 12.1 Å². The van der Waals surface area contributed by atoms with Gasteiger partial charge in [-0.05, 0) is 12.1 Å². The molecule has 1 aliphatic heterocycles. The third-order valence-corrected chi connectivity index (χ3v) is 2.76. The summed E-state index contributed by atoms with van der Waals surface area (Å²) in [6.45, 7) is 0.374. The van der Waals surface area contributed by atoms with E-state index in [1.165, 1.54) is 0 Å². The number of fused-ring (bicyclic) bond motifs is 1. The lowest BCUT2D eigenvalue weighted by Gasteiger charge is -2.25. The fraction of sp³-hybridized carbons (Fsp3) is 0.400. The van der Waals surface area contributed by atoms with Crippen molar-refractivity contribution >= 4 is 24.0 Å².